The van der Waals surface area contributed by atoms with Gasteiger partial charge >= 0.3 is 0 Å². The van der Waals surface area contributed by atoms with Crippen molar-refractivity contribution in [2.45, 2.75) is 12.3 Å². The first-order chi connectivity index (χ1) is 9.18. The standard InChI is InChI=1S/C16H12BrClS/c1-10-6-7-13(12-5-3-2-4-11(10)12)15(18)16-14(17)8-9-19-16/h2-9,15H,1H3. The summed E-state index contributed by atoms with van der Waals surface area (Å²) in [6, 6.07) is 14.8. The van der Waals surface area contributed by atoms with Crippen molar-refractivity contribution in [1.29, 1.82) is 0 Å². The Hall–Kier alpha value is -0.830. The van der Waals surface area contributed by atoms with Crippen LogP contribution in [-0.2, 0) is 0 Å². The lowest BCUT2D eigenvalue weighted by molar-refractivity contribution is 1.19. The van der Waals surface area contributed by atoms with Crippen molar-refractivity contribution in [3.05, 3.63) is 68.3 Å². The van der Waals surface area contributed by atoms with Crippen LogP contribution in [0, 0.1) is 6.92 Å². The van der Waals surface area contributed by atoms with Crippen molar-refractivity contribution in [3.63, 3.8) is 0 Å². The van der Waals surface area contributed by atoms with Crippen molar-refractivity contribution < 1.29 is 0 Å². The van der Waals surface area contributed by atoms with Gasteiger partial charge in [-0.15, -0.1) is 22.9 Å². The van der Waals surface area contributed by atoms with E-state index in [0.29, 0.717) is 0 Å². The number of thiophene rings is 1. The summed E-state index contributed by atoms with van der Waals surface area (Å²) in [5, 5.41) is 4.46. The van der Waals surface area contributed by atoms with Gasteiger partial charge in [-0.05, 0) is 56.2 Å². The second-order valence-electron chi connectivity index (χ2n) is 4.51. The van der Waals surface area contributed by atoms with Gasteiger partial charge in [-0.25, -0.2) is 0 Å². The maximum atomic E-state index is 6.69. The summed E-state index contributed by atoms with van der Waals surface area (Å²) in [6.07, 6.45) is 0. The molecule has 0 fully saturated rings. The molecule has 0 radical (unpaired) electrons. The lowest BCUT2D eigenvalue weighted by Crippen LogP contribution is -1.94. The predicted molar refractivity (Wildman–Crippen MR) is 88.4 cm³/mol. The molecule has 2 aromatic carbocycles. The molecule has 0 aliphatic rings. The number of hydrogen-bond acceptors (Lipinski definition) is 1. The number of hydrogen-bond donors (Lipinski definition) is 0. The molecule has 0 aliphatic carbocycles. The SMILES string of the molecule is Cc1ccc(C(Cl)c2sccc2Br)c2ccccc12. The number of halogens is 2. The lowest BCUT2D eigenvalue weighted by atomic mass is 9.98. The summed E-state index contributed by atoms with van der Waals surface area (Å²) >= 11 is 11.9. The van der Waals surface area contributed by atoms with Crippen LogP contribution in [0.5, 0.6) is 0 Å². The molecule has 0 N–H and O–H groups in total. The number of benzene rings is 2. The molecule has 3 rings (SSSR count). The average molecular weight is 352 g/mol. The van der Waals surface area contributed by atoms with E-state index in [1.54, 1.807) is 11.3 Å². The van der Waals surface area contributed by atoms with E-state index >= 15 is 0 Å². The number of alkyl halides is 1. The topological polar surface area (TPSA) is 0 Å². The molecule has 0 saturated carbocycles. The normalized spacial score (nSPS) is 12.8. The van der Waals surface area contributed by atoms with E-state index in [-0.39, 0.29) is 5.38 Å². The van der Waals surface area contributed by atoms with E-state index in [1.165, 1.54) is 21.9 Å². The number of fused-ring (bicyclic) bond motifs is 1. The number of rotatable bonds is 2. The second-order valence-corrected chi connectivity index (χ2v) is 6.75. The molecule has 0 spiro atoms. The van der Waals surface area contributed by atoms with Crippen LogP contribution in [0.15, 0.2) is 52.3 Å². The molecule has 0 aliphatic heterocycles. The fourth-order valence-corrected chi connectivity index (χ4v) is 4.51. The van der Waals surface area contributed by atoms with Crippen LogP contribution < -0.4 is 0 Å². The van der Waals surface area contributed by atoms with Gasteiger partial charge in [0.2, 0.25) is 0 Å². The smallest absolute Gasteiger partial charge is 0.0945 e. The molecule has 96 valence electrons. The molecule has 3 aromatic rings. The highest BCUT2D eigenvalue weighted by Gasteiger charge is 2.18. The van der Waals surface area contributed by atoms with Crippen LogP contribution in [-0.4, -0.2) is 0 Å². The van der Waals surface area contributed by atoms with Crippen molar-refractivity contribution >= 4 is 49.6 Å². The van der Waals surface area contributed by atoms with Crippen LogP contribution in [0.4, 0.5) is 0 Å². The molecule has 1 aromatic heterocycles. The van der Waals surface area contributed by atoms with Crippen LogP contribution in [0.3, 0.4) is 0 Å². The molecule has 3 heteroatoms. The van der Waals surface area contributed by atoms with E-state index in [2.05, 4.69) is 64.6 Å². The Kier molecular flexibility index (Phi) is 3.66. The van der Waals surface area contributed by atoms with Crippen molar-refractivity contribution in [2.75, 3.05) is 0 Å². The summed E-state index contributed by atoms with van der Waals surface area (Å²) in [5.74, 6) is 0. The highest BCUT2D eigenvalue weighted by Crippen LogP contribution is 2.40. The minimum atomic E-state index is -0.111. The molecule has 0 amide bonds. The molecule has 0 bridgehead atoms. The Labute approximate surface area is 130 Å². The van der Waals surface area contributed by atoms with Crippen LogP contribution >= 0.6 is 38.9 Å². The van der Waals surface area contributed by atoms with Crippen molar-refractivity contribution in [3.8, 4) is 0 Å². The zero-order chi connectivity index (χ0) is 13.4. The summed E-state index contributed by atoms with van der Waals surface area (Å²) in [5.41, 5.74) is 2.46. The highest BCUT2D eigenvalue weighted by molar-refractivity contribution is 9.10. The van der Waals surface area contributed by atoms with Gasteiger partial charge in [0.25, 0.3) is 0 Å². The molecule has 19 heavy (non-hydrogen) atoms. The molecule has 0 saturated heterocycles. The van der Waals surface area contributed by atoms with Gasteiger partial charge < -0.3 is 0 Å². The van der Waals surface area contributed by atoms with Gasteiger partial charge in [0.05, 0.1) is 5.38 Å². The first kappa shape index (κ1) is 13.2. The highest BCUT2D eigenvalue weighted by atomic mass is 79.9. The fourth-order valence-electron chi connectivity index (χ4n) is 2.32. The third kappa shape index (κ3) is 2.33. The molecule has 0 nitrogen and oxygen atoms in total. The Morgan fingerprint density at radius 1 is 1.05 bits per heavy atom. The molecule has 1 atom stereocenters. The Morgan fingerprint density at radius 3 is 2.47 bits per heavy atom. The van der Waals surface area contributed by atoms with Gasteiger partial charge in [-0.2, -0.15) is 0 Å². The van der Waals surface area contributed by atoms with Crippen molar-refractivity contribution in [1.82, 2.24) is 0 Å². The second kappa shape index (κ2) is 5.28. The Bertz CT molecular complexity index is 732. The van der Waals surface area contributed by atoms with Gasteiger partial charge in [0.15, 0.2) is 0 Å². The number of aryl methyl sites for hydroxylation is 1. The van der Waals surface area contributed by atoms with E-state index in [1.807, 2.05) is 6.07 Å². The van der Waals surface area contributed by atoms with Gasteiger partial charge in [0.1, 0.15) is 0 Å². The minimum Gasteiger partial charge on any atom is -0.146 e. The summed E-state index contributed by atoms with van der Waals surface area (Å²) in [6.45, 7) is 2.14. The third-order valence-corrected chi connectivity index (χ3v) is 5.84. The van der Waals surface area contributed by atoms with E-state index in [4.69, 9.17) is 11.6 Å². The van der Waals surface area contributed by atoms with Gasteiger partial charge in [-0.3, -0.25) is 0 Å². The average Bonchev–Trinajstić information content (AvgIpc) is 2.85. The molecule has 1 heterocycles. The first-order valence-electron chi connectivity index (χ1n) is 6.03. The first-order valence-corrected chi connectivity index (χ1v) is 8.14. The summed E-state index contributed by atoms with van der Waals surface area (Å²) in [4.78, 5) is 1.16. The zero-order valence-corrected chi connectivity index (χ0v) is 13.5. The largest absolute Gasteiger partial charge is 0.146 e. The summed E-state index contributed by atoms with van der Waals surface area (Å²) < 4.78 is 1.09. The maximum Gasteiger partial charge on any atom is 0.0945 e. The van der Waals surface area contributed by atoms with E-state index in [0.717, 1.165) is 9.35 Å². The molecular weight excluding hydrogens is 340 g/mol. The molecular formula is C16H12BrClS. The maximum absolute atomic E-state index is 6.69. The fraction of sp³-hybridized carbons (Fsp3) is 0.125. The van der Waals surface area contributed by atoms with Crippen LogP contribution in [0.2, 0.25) is 0 Å². The van der Waals surface area contributed by atoms with Gasteiger partial charge in [0, 0.05) is 9.35 Å². The monoisotopic (exact) mass is 350 g/mol. The minimum absolute atomic E-state index is 0.111. The Balaban J connectivity index is 2.21. The third-order valence-electron chi connectivity index (χ3n) is 3.32. The van der Waals surface area contributed by atoms with E-state index < -0.39 is 0 Å². The van der Waals surface area contributed by atoms with Crippen molar-refractivity contribution in [2.24, 2.45) is 0 Å². The predicted octanol–water partition coefficient (Wildman–Crippen LogP) is 6.30. The quantitative estimate of drug-likeness (QED) is 0.475. The zero-order valence-electron chi connectivity index (χ0n) is 10.4. The van der Waals surface area contributed by atoms with E-state index in [9.17, 15) is 0 Å². The lowest BCUT2D eigenvalue weighted by Gasteiger charge is -2.13. The summed E-state index contributed by atoms with van der Waals surface area (Å²) in [7, 11) is 0. The Morgan fingerprint density at radius 2 is 1.79 bits per heavy atom. The van der Waals surface area contributed by atoms with Crippen LogP contribution in [0.1, 0.15) is 21.4 Å². The van der Waals surface area contributed by atoms with Crippen LogP contribution in [0.25, 0.3) is 10.8 Å². The van der Waals surface area contributed by atoms with Gasteiger partial charge in [-0.1, -0.05) is 36.4 Å². The molecule has 1 unspecified atom stereocenters.